The van der Waals surface area contributed by atoms with Crippen LogP contribution in [0.15, 0.2) is 28.8 Å². The van der Waals surface area contributed by atoms with Gasteiger partial charge >= 0.3 is 0 Å². The monoisotopic (exact) mass is 320 g/mol. The van der Waals surface area contributed by atoms with Gasteiger partial charge in [0, 0.05) is 29.8 Å². The van der Waals surface area contributed by atoms with Gasteiger partial charge in [-0.25, -0.2) is 0 Å². The van der Waals surface area contributed by atoms with E-state index in [4.69, 9.17) is 16.1 Å². The van der Waals surface area contributed by atoms with E-state index in [1.54, 1.807) is 0 Å². The van der Waals surface area contributed by atoms with Crippen LogP contribution in [0.3, 0.4) is 0 Å². The van der Waals surface area contributed by atoms with E-state index in [9.17, 15) is 0 Å². The van der Waals surface area contributed by atoms with Gasteiger partial charge in [-0.05, 0) is 51.1 Å². The van der Waals surface area contributed by atoms with Crippen LogP contribution in [0.5, 0.6) is 0 Å². The summed E-state index contributed by atoms with van der Waals surface area (Å²) in [5.41, 5.74) is 1.25. The van der Waals surface area contributed by atoms with Crippen molar-refractivity contribution in [2.45, 2.75) is 32.4 Å². The third-order valence-electron chi connectivity index (χ3n) is 4.23. The molecule has 0 saturated carbocycles. The molecule has 1 aromatic heterocycles. The predicted octanol–water partition coefficient (Wildman–Crippen LogP) is 3.13. The zero-order valence-corrected chi connectivity index (χ0v) is 13.8. The van der Waals surface area contributed by atoms with Crippen LogP contribution in [0.4, 0.5) is 5.69 Å². The maximum atomic E-state index is 5.95. The predicted molar refractivity (Wildman–Crippen MR) is 87.2 cm³/mol. The van der Waals surface area contributed by atoms with Gasteiger partial charge in [0.2, 0.25) is 5.89 Å². The van der Waals surface area contributed by atoms with Crippen molar-refractivity contribution in [3.05, 3.63) is 41.0 Å². The molecule has 0 atom stereocenters. The summed E-state index contributed by atoms with van der Waals surface area (Å²) >= 11 is 5.95. The van der Waals surface area contributed by atoms with Gasteiger partial charge in [0.25, 0.3) is 0 Å². The van der Waals surface area contributed by atoms with Gasteiger partial charge in [0.05, 0.1) is 6.54 Å². The van der Waals surface area contributed by atoms with E-state index in [0.29, 0.717) is 24.3 Å². The van der Waals surface area contributed by atoms with Gasteiger partial charge in [-0.15, -0.1) is 0 Å². The van der Waals surface area contributed by atoms with E-state index in [2.05, 4.69) is 39.1 Å². The summed E-state index contributed by atoms with van der Waals surface area (Å²) in [7, 11) is 2.13. The van der Waals surface area contributed by atoms with E-state index >= 15 is 0 Å². The Morgan fingerprint density at radius 3 is 2.55 bits per heavy atom. The molecular formula is C16H21ClN4O. The average Bonchev–Trinajstić information content (AvgIpc) is 2.93. The Balaban J connectivity index is 1.53. The molecule has 0 unspecified atom stereocenters. The molecule has 0 N–H and O–H groups in total. The molecule has 2 heterocycles. The van der Waals surface area contributed by atoms with Crippen LogP contribution >= 0.6 is 11.6 Å². The largest absolute Gasteiger partial charge is 0.371 e. The number of rotatable bonds is 4. The first kappa shape index (κ1) is 15.3. The van der Waals surface area contributed by atoms with Crippen LogP contribution in [0.1, 0.15) is 24.6 Å². The van der Waals surface area contributed by atoms with Gasteiger partial charge in [0.15, 0.2) is 5.82 Å². The highest BCUT2D eigenvalue weighted by molar-refractivity contribution is 6.30. The molecule has 1 fully saturated rings. The van der Waals surface area contributed by atoms with Gasteiger partial charge in [-0.1, -0.05) is 16.8 Å². The topological polar surface area (TPSA) is 45.4 Å². The first-order chi connectivity index (χ1) is 10.6. The number of anilines is 1. The zero-order chi connectivity index (χ0) is 15.5. The summed E-state index contributed by atoms with van der Waals surface area (Å²) in [4.78, 5) is 9.00. The molecule has 6 heteroatoms. The molecule has 0 aliphatic carbocycles. The molecule has 1 aromatic carbocycles. The van der Waals surface area contributed by atoms with Gasteiger partial charge in [0.1, 0.15) is 0 Å². The molecule has 1 aliphatic rings. The second-order valence-corrected chi connectivity index (χ2v) is 6.28. The molecular weight excluding hydrogens is 300 g/mol. The van der Waals surface area contributed by atoms with Crippen molar-refractivity contribution < 1.29 is 4.52 Å². The highest BCUT2D eigenvalue weighted by Gasteiger charge is 2.23. The summed E-state index contributed by atoms with van der Waals surface area (Å²) < 4.78 is 5.20. The Morgan fingerprint density at radius 2 is 1.95 bits per heavy atom. The molecule has 118 valence electrons. The molecule has 3 rings (SSSR count). The summed E-state index contributed by atoms with van der Waals surface area (Å²) in [6, 6.07) is 8.64. The SMILES string of the molecule is Cc1noc(CN(C)C2CCN(c3ccc(Cl)cc3)CC2)n1. The van der Waals surface area contributed by atoms with E-state index < -0.39 is 0 Å². The second-order valence-electron chi connectivity index (χ2n) is 5.85. The number of benzene rings is 1. The molecule has 1 aliphatic heterocycles. The molecule has 0 bridgehead atoms. The average molecular weight is 321 g/mol. The van der Waals surface area contributed by atoms with E-state index in [1.807, 2.05) is 19.1 Å². The Morgan fingerprint density at radius 1 is 1.27 bits per heavy atom. The minimum atomic E-state index is 0.552. The summed E-state index contributed by atoms with van der Waals surface area (Å²) in [6.07, 6.45) is 2.26. The van der Waals surface area contributed by atoms with Crippen molar-refractivity contribution in [3.8, 4) is 0 Å². The lowest BCUT2D eigenvalue weighted by atomic mass is 10.0. The lowest BCUT2D eigenvalue weighted by Gasteiger charge is -2.37. The molecule has 2 aromatic rings. The van der Waals surface area contributed by atoms with Gasteiger partial charge < -0.3 is 9.42 Å². The lowest BCUT2D eigenvalue weighted by molar-refractivity contribution is 0.177. The molecule has 0 amide bonds. The Bertz CT molecular complexity index is 605. The first-order valence-corrected chi connectivity index (χ1v) is 7.99. The normalized spacial score (nSPS) is 16.5. The van der Waals surface area contributed by atoms with Crippen LogP contribution in [-0.2, 0) is 6.54 Å². The van der Waals surface area contributed by atoms with E-state index in [1.165, 1.54) is 5.69 Å². The Hall–Kier alpha value is -1.59. The van der Waals surface area contributed by atoms with Crippen LogP contribution < -0.4 is 4.90 Å². The van der Waals surface area contributed by atoms with Crippen molar-refractivity contribution >= 4 is 17.3 Å². The number of aromatic nitrogens is 2. The zero-order valence-electron chi connectivity index (χ0n) is 13.0. The fraction of sp³-hybridized carbons (Fsp3) is 0.500. The maximum absolute atomic E-state index is 5.95. The van der Waals surface area contributed by atoms with Crippen molar-refractivity contribution in [1.29, 1.82) is 0 Å². The van der Waals surface area contributed by atoms with Crippen LogP contribution in [0, 0.1) is 6.92 Å². The van der Waals surface area contributed by atoms with Gasteiger partial charge in [-0.3, -0.25) is 4.90 Å². The van der Waals surface area contributed by atoms with Crippen molar-refractivity contribution in [1.82, 2.24) is 15.0 Å². The molecule has 5 nitrogen and oxygen atoms in total. The fourth-order valence-corrected chi connectivity index (χ4v) is 3.09. The summed E-state index contributed by atoms with van der Waals surface area (Å²) in [5.74, 6) is 1.39. The van der Waals surface area contributed by atoms with Gasteiger partial charge in [-0.2, -0.15) is 4.98 Å². The van der Waals surface area contributed by atoms with Crippen molar-refractivity contribution in [2.75, 3.05) is 25.0 Å². The highest BCUT2D eigenvalue weighted by atomic mass is 35.5. The summed E-state index contributed by atoms with van der Waals surface area (Å²) in [6.45, 7) is 4.67. The number of nitrogens with zero attached hydrogens (tertiary/aromatic N) is 4. The van der Waals surface area contributed by atoms with Crippen molar-refractivity contribution in [2.24, 2.45) is 0 Å². The number of hydrogen-bond acceptors (Lipinski definition) is 5. The number of aryl methyl sites for hydroxylation is 1. The minimum Gasteiger partial charge on any atom is -0.371 e. The highest BCUT2D eigenvalue weighted by Crippen LogP contribution is 2.24. The molecule has 0 spiro atoms. The molecule has 22 heavy (non-hydrogen) atoms. The summed E-state index contributed by atoms with van der Waals surface area (Å²) in [5, 5.41) is 4.63. The minimum absolute atomic E-state index is 0.552. The Kier molecular flexibility index (Phi) is 4.64. The fourth-order valence-electron chi connectivity index (χ4n) is 2.96. The second kappa shape index (κ2) is 6.67. The van der Waals surface area contributed by atoms with E-state index in [0.717, 1.165) is 31.0 Å². The first-order valence-electron chi connectivity index (χ1n) is 7.62. The van der Waals surface area contributed by atoms with Crippen LogP contribution in [0.25, 0.3) is 0 Å². The standard InChI is InChI=1S/C16H21ClN4O/c1-12-18-16(22-19-12)11-20(2)14-7-9-21(10-8-14)15-5-3-13(17)4-6-15/h3-6,14H,7-11H2,1-2H3. The lowest BCUT2D eigenvalue weighted by Crippen LogP contribution is -2.43. The van der Waals surface area contributed by atoms with Crippen LogP contribution in [0.2, 0.25) is 5.02 Å². The maximum Gasteiger partial charge on any atom is 0.240 e. The number of piperidine rings is 1. The third kappa shape index (κ3) is 3.59. The third-order valence-corrected chi connectivity index (χ3v) is 4.49. The molecule has 1 saturated heterocycles. The number of hydrogen-bond donors (Lipinski definition) is 0. The smallest absolute Gasteiger partial charge is 0.240 e. The molecule has 0 radical (unpaired) electrons. The van der Waals surface area contributed by atoms with E-state index in [-0.39, 0.29) is 0 Å². The number of halogens is 1. The Labute approximate surface area is 135 Å². The quantitative estimate of drug-likeness (QED) is 0.866. The van der Waals surface area contributed by atoms with Crippen LogP contribution in [-0.4, -0.2) is 41.2 Å². The van der Waals surface area contributed by atoms with Crippen molar-refractivity contribution in [3.63, 3.8) is 0 Å².